The summed E-state index contributed by atoms with van der Waals surface area (Å²) in [5.74, 6) is 2.61. The lowest BCUT2D eigenvalue weighted by Gasteiger charge is -2.42. The van der Waals surface area contributed by atoms with Crippen molar-refractivity contribution in [2.24, 2.45) is 0 Å². The zero-order valence-electron chi connectivity index (χ0n) is 29.0. The molecule has 5 aliphatic rings. The maximum atomic E-state index is 11.3. The monoisotopic (exact) mass is 683 g/mol. The van der Waals surface area contributed by atoms with Gasteiger partial charge in [-0.25, -0.2) is 14.6 Å². The number of nitrogens with two attached hydrogens (primary N) is 1. The zero-order chi connectivity index (χ0) is 34.0. The van der Waals surface area contributed by atoms with Gasteiger partial charge in [-0.15, -0.1) is 16.4 Å². The fraction of sp³-hybridized carbons (Fsp3) is 0.639. The quantitative estimate of drug-likeness (QED) is 0.281. The number of piperidine rings is 1. The Kier molecular flexibility index (Phi) is 6.79. The summed E-state index contributed by atoms with van der Waals surface area (Å²) in [5.41, 5.74) is 9.22. The Morgan fingerprint density at radius 2 is 1.90 bits per heavy atom. The van der Waals surface area contributed by atoms with Crippen molar-refractivity contribution in [1.29, 1.82) is 5.26 Å². The molecule has 4 aromatic heterocycles. The van der Waals surface area contributed by atoms with E-state index >= 15 is 0 Å². The first kappa shape index (κ1) is 31.3. The van der Waals surface area contributed by atoms with Gasteiger partial charge < -0.3 is 25.0 Å². The molecule has 12 nitrogen and oxygen atoms in total. The highest BCUT2D eigenvalue weighted by molar-refractivity contribution is 7.16. The number of thiophene rings is 1. The predicted molar refractivity (Wildman–Crippen MR) is 187 cm³/mol. The minimum Gasteiger partial charge on any atom is -0.474 e. The zero-order valence-corrected chi connectivity index (χ0v) is 29.9. The van der Waals surface area contributed by atoms with Crippen molar-refractivity contribution >= 4 is 33.2 Å². The van der Waals surface area contributed by atoms with Crippen LogP contribution in [0.3, 0.4) is 0 Å². The van der Waals surface area contributed by atoms with E-state index in [0.29, 0.717) is 53.2 Å². The van der Waals surface area contributed by atoms with E-state index in [1.54, 1.807) is 11.3 Å². The van der Waals surface area contributed by atoms with E-state index in [1.165, 1.54) is 4.88 Å². The van der Waals surface area contributed by atoms with E-state index in [4.69, 9.17) is 35.2 Å². The normalized spacial score (nSPS) is 29.6. The second-order valence-electron chi connectivity index (χ2n) is 16.1. The Labute approximate surface area is 290 Å². The van der Waals surface area contributed by atoms with Gasteiger partial charge in [0.1, 0.15) is 28.9 Å². The summed E-state index contributed by atoms with van der Waals surface area (Å²) < 4.78 is 14.9. The molecule has 5 unspecified atom stereocenters. The van der Waals surface area contributed by atoms with E-state index in [1.807, 2.05) is 11.6 Å². The Hall–Kier alpha value is -3.73. The number of likely N-dealkylation sites (tertiary alicyclic amines) is 1. The summed E-state index contributed by atoms with van der Waals surface area (Å²) in [7, 11) is 2.21. The number of aromatic nitrogens is 5. The van der Waals surface area contributed by atoms with Crippen LogP contribution < -0.4 is 15.4 Å². The third-order valence-electron chi connectivity index (χ3n) is 12.7. The van der Waals surface area contributed by atoms with Crippen molar-refractivity contribution in [3.8, 4) is 23.5 Å². The highest BCUT2D eigenvalue weighted by Gasteiger charge is 2.49. The summed E-state index contributed by atoms with van der Waals surface area (Å²) in [5, 5.41) is 32.7. The molecule has 2 saturated heterocycles. The maximum Gasteiger partial charge on any atom is 0.246 e. The number of ether oxygens (including phenoxy) is 1. The van der Waals surface area contributed by atoms with Crippen LogP contribution in [0, 0.1) is 11.3 Å². The molecule has 2 aliphatic carbocycles. The van der Waals surface area contributed by atoms with E-state index in [-0.39, 0.29) is 23.7 Å². The third-order valence-corrected chi connectivity index (χ3v) is 13.7. The van der Waals surface area contributed by atoms with Crippen molar-refractivity contribution in [1.82, 2.24) is 29.8 Å². The molecule has 1 spiro atoms. The lowest BCUT2D eigenvalue weighted by atomic mass is 9.63. The molecule has 258 valence electrons. The summed E-state index contributed by atoms with van der Waals surface area (Å²) in [4.78, 5) is 16.4. The second kappa shape index (κ2) is 10.6. The molecule has 0 radical (unpaired) electrons. The van der Waals surface area contributed by atoms with E-state index in [2.05, 4.69) is 43.7 Å². The topological polar surface area (TPSA) is 155 Å². The molecular weight excluding hydrogens is 639 g/mol. The minimum absolute atomic E-state index is 0.0190. The van der Waals surface area contributed by atoms with Gasteiger partial charge in [-0.05, 0) is 105 Å². The average molecular weight is 684 g/mol. The molecule has 0 saturated carbocycles. The van der Waals surface area contributed by atoms with Crippen molar-refractivity contribution in [2.45, 2.75) is 127 Å². The van der Waals surface area contributed by atoms with Gasteiger partial charge in [-0.3, -0.25) is 4.90 Å². The van der Waals surface area contributed by atoms with Crippen molar-refractivity contribution in [3.63, 3.8) is 0 Å². The van der Waals surface area contributed by atoms with Gasteiger partial charge >= 0.3 is 0 Å². The van der Waals surface area contributed by atoms with Crippen LogP contribution in [0.2, 0.25) is 0 Å². The lowest BCUT2D eigenvalue weighted by Crippen LogP contribution is -2.53. The molecule has 4 aromatic rings. The maximum absolute atomic E-state index is 11.3. The van der Waals surface area contributed by atoms with Crippen LogP contribution in [0.1, 0.15) is 112 Å². The summed E-state index contributed by atoms with van der Waals surface area (Å²) in [6, 6.07) is 2.76. The average Bonchev–Trinajstić information content (AvgIpc) is 3.80. The molecule has 2 fully saturated rings. The van der Waals surface area contributed by atoms with E-state index in [0.717, 1.165) is 85.9 Å². The highest BCUT2D eigenvalue weighted by atomic mass is 32.1. The smallest absolute Gasteiger partial charge is 0.246 e. The molecule has 9 rings (SSSR count). The first-order chi connectivity index (χ1) is 23.4. The Bertz CT molecular complexity index is 2030. The van der Waals surface area contributed by atoms with Crippen molar-refractivity contribution < 1.29 is 14.4 Å². The number of aryl methyl sites for hydroxylation is 1. The molecule has 0 bridgehead atoms. The van der Waals surface area contributed by atoms with Crippen molar-refractivity contribution in [2.75, 3.05) is 30.8 Å². The molecule has 3 aliphatic heterocycles. The number of anilines is 2. The van der Waals surface area contributed by atoms with E-state index < -0.39 is 11.0 Å². The van der Waals surface area contributed by atoms with Crippen LogP contribution in [0.5, 0.6) is 5.88 Å². The van der Waals surface area contributed by atoms with Crippen molar-refractivity contribution in [3.05, 3.63) is 27.3 Å². The second-order valence-corrected chi connectivity index (χ2v) is 17.2. The molecule has 13 heteroatoms. The van der Waals surface area contributed by atoms with E-state index in [9.17, 15) is 10.4 Å². The number of nitriles is 1. The van der Waals surface area contributed by atoms with Crippen LogP contribution in [0.25, 0.3) is 22.6 Å². The van der Waals surface area contributed by atoms with Gasteiger partial charge in [-0.1, -0.05) is 5.16 Å². The summed E-state index contributed by atoms with van der Waals surface area (Å²) in [6.45, 7) is 9.63. The van der Waals surface area contributed by atoms with Gasteiger partial charge in [0.25, 0.3) is 0 Å². The SMILES string of the molecule is CC(C1CCC(C)(C)N1C)n1nc2c3c(nc(-c4noc5c4CCCC54CCCc5sc(N)c(C#N)c54)nc31)N1CC(C)(O)CCC1CO2. The number of aliphatic hydroxyl groups is 1. The Morgan fingerprint density at radius 3 is 2.65 bits per heavy atom. The van der Waals surface area contributed by atoms with Crippen LogP contribution in [-0.2, 0) is 18.3 Å². The molecule has 5 atom stereocenters. The molecular formula is C36H45N9O3S. The van der Waals surface area contributed by atoms with Gasteiger partial charge in [0.2, 0.25) is 5.88 Å². The fourth-order valence-electron chi connectivity index (χ4n) is 9.76. The lowest BCUT2D eigenvalue weighted by molar-refractivity contribution is 0.0321. The number of fused-ring (bicyclic) bond motifs is 6. The molecule has 49 heavy (non-hydrogen) atoms. The van der Waals surface area contributed by atoms with Crippen LogP contribution in [-0.4, -0.2) is 78.3 Å². The van der Waals surface area contributed by atoms with Crippen LogP contribution in [0.15, 0.2) is 4.52 Å². The van der Waals surface area contributed by atoms with Crippen LogP contribution in [0.4, 0.5) is 10.8 Å². The number of nitrogens with zero attached hydrogens (tertiary/aromatic N) is 8. The largest absolute Gasteiger partial charge is 0.474 e. The summed E-state index contributed by atoms with van der Waals surface area (Å²) in [6.07, 6.45) is 9.06. The standard InChI is InChI=1S/C36H45N9O3S/c1-19(23-11-14-34(2,3)43(23)5)45-32-25-31(44-18-35(4,46)15-10-20(44)17-47-33(25)41-45)39-30(40-32)27-21-8-6-12-36(28(21)48-42-27)13-7-9-24-26(36)22(16-37)29(38)49-24/h19-20,23,46H,6-15,17-18,38H2,1-5H3. The number of rotatable bonds is 3. The number of likely N-dealkylation sites (N-methyl/N-ethyl adjacent to an activating group) is 1. The fourth-order valence-corrected chi connectivity index (χ4v) is 10.9. The van der Waals surface area contributed by atoms with Gasteiger partial charge in [0.15, 0.2) is 22.9 Å². The molecule has 0 amide bonds. The first-order valence-electron chi connectivity index (χ1n) is 17.9. The Balaban J connectivity index is 1.24. The van der Waals surface area contributed by atoms with Gasteiger partial charge in [0.05, 0.1) is 28.7 Å². The first-order valence-corrected chi connectivity index (χ1v) is 18.7. The highest BCUT2D eigenvalue weighted by Crippen LogP contribution is 2.55. The molecule has 3 N–H and O–H groups in total. The van der Waals surface area contributed by atoms with Gasteiger partial charge in [-0.2, -0.15) is 5.26 Å². The number of nitrogen functional groups attached to an aromatic ring is 1. The predicted octanol–water partition coefficient (Wildman–Crippen LogP) is 5.50. The van der Waals surface area contributed by atoms with Gasteiger partial charge in [0, 0.05) is 28.6 Å². The Morgan fingerprint density at radius 1 is 1.10 bits per heavy atom. The molecule has 0 aromatic carbocycles. The minimum atomic E-state index is -0.862. The number of hydrogen-bond donors (Lipinski definition) is 2. The summed E-state index contributed by atoms with van der Waals surface area (Å²) >= 11 is 1.55. The number of hydrogen-bond acceptors (Lipinski definition) is 12. The molecule has 7 heterocycles. The third kappa shape index (κ3) is 4.45. The van der Waals surface area contributed by atoms with Crippen LogP contribution >= 0.6 is 11.3 Å².